The van der Waals surface area contributed by atoms with Crippen LogP contribution in [0.15, 0.2) is 54.6 Å². The van der Waals surface area contributed by atoms with Gasteiger partial charge in [-0.05, 0) is 36.1 Å². The number of hydrogen-bond acceptors (Lipinski definition) is 3. The lowest BCUT2D eigenvalue weighted by atomic mass is 9.93. The molecule has 0 bridgehead atoms. The van der Waals surface area contributed by atoms with Crippen LogP contribution in [0, 0.1) is 11.8 Å². The van der Waals surface area contributed by atoms with Gasteiger partial charge in [-0.3, -0.25) is 9.59 Å². The highest BCUT2D eigenvalue weighted by Gasteiger charge is 2.29. The number of carbonyl (C=O) groups excluding carboxylic acids is 2. The second kappa shape index (κ2) is 9.59. The van der Waals surface area contributed by atoms with Crippen molar-refractivity contribution in [1.82, 2.24) is 10.2 Å². The van der Waals surface area contributed by atoms with E-state index in [9.17, 15) is 9.59 Å². The van der Waals surface area contributed by atoms with E-state index in [1.165, 1.54) is 0 Å². The lowest BCUT2D eigenvalue weighted by Gasteiger charge is -2.33. The third-order valence-electron chi connectivity index (χ3n) is 5.54. The number of benzene rings is 2. The predicted molar refractivity (Wildman–Crippen MR) is 114 cm³/mol. The van der Waals surface area contributed by atoms with Crippen LogP contribution in [0.1, 0.15) is 43.9 Å². The fourth-order valence-corrected chi connectivity index (χ4v) is 3.79. The van der Waals surface area contributed by atoms with Crippen molar-refractivity contribution in [2.24, 2.45) is 11.8 Å². The van der Waals surface area contributed by atoms with Gasteiger partial charge in [-0.2, -0.15) is 0 Å². The molecule has 5 heteroatoms. The number of nitrogens with zero attached hydrogens (tertiary/aromatic N) is 1. The van der Waals surface area contributed by atoms with Crippen molar-refractivity contribution in [2.75, 3.05) is 20.2 Å². The Morgan fingerprint density at radius 2 is 1.55 bits per heavy atom. The zero-order chi connectivity index (χ0) is 20.8. The minimum atomic E-state index is -0.218. The molecule has 154 valence electrons. The van der Waals surface area contributed by atoms with Crippen molar-refractivity contribution in [3.63, 3.8) is 0 Å². The van der Waals surface area contributed by atoms with Gasteiger partial charge in [0.1, 0.15) is 5.75 Å². The van der Waals surface area contributed by atoms with E-state index in [1.54, 1.807) is 7.11 Å². The Morgan fingerprint density at radius 1 is 0.966 bits per heavy atom. The van der Waals surface area contributed by atoms with Crippen molar-refractivity contribution in [2.45, 2.75) is 32.7 Å². The van der Waals surface area contributed by atoms with Crippen LogP contribution in [-0.2, 0) is 9.59 Å². The second-order valence-corrected chi connectivity index (χ2v) is 7.88. The average Bonchev–Trinajstić information content (AvgIpc) is 2.77. The molecule has 1 saturated heterocycles. The smallest absolute Gasteiger partial charge is 0.225 e. The molecule has 1 fully saturated rings. The molecular weight excluding hydrogens is 364 g/mol. The number of piperidine rings is 1. The van der Waals surface area contributed by atoms with E-state index in [-0.39, 0.29) is 29.7 Å². The lowest BCUT2D eigenvalue weighted by molar-refractivity contribution is -0.138. The standard InChI is InChI=1S/C24H30N2O3/c1-17(2)24(28)26-15-13-20(14-16-26)23(27)25-22(18-7-5-4-6-8-18)19-9-11-21(29-3)12-10-19/h4-12,17,20,22H,13-16H2,1-3H3,(H,25,27)/t22-/m1/s1. The van der Waals surface area contributed by atoms with Crippen LogP contribution in [0.5, 0.6) is 5.75 Å². The average molecular weight is 395 g/mol. The molecule has 2 aromatic rings. The van der Waals surface area contributed by atoms with Crippen LogP contribution in [0.2, 0.25) is 0 Å². The number of rotatable bonds is 6. The SMILES string of the molecule is COc1ccc([C@H](NC(=O)C2CCN(C(=O)C(C)C)CC2)c2ccccc2)cc1. The van der Waals surface area contributed by atoms with E-state index in [0.717, 1.165) is 16.9 Å². The molecule has 1 aliphatic heterocycles. The number of methoxy groups -OCH3 is 1. The summed E-state index contributed by atoms with van der Waals surface area (Å²) in [7, 11) is 1.64. The highest BCUT2D eigenvalue weighted by molar-refractivity contribution is 5.81. The van der Waals surface area contributed by atoms with Gasteiger partial charge in [0.05, 0.1) is 13.2 Å². The maximum Gasteiger partial charge on any atom is 0.225 e. The Morgan fingerprint density at radius 3 is 2.10 bits per heavy atom. The Bertz CT molecular complexity index is 810. The van der Waals surface area contributed by atoms with Gasteiger partial charge < -0.3 is 15.0 Å². The fraction of sp³-hybridized carbons (Fsp3) is 0.417. The Balaban J connectivity index is 1.71. The molecule has 1 aliphatic rings. The summed E-state index contributed by atoms with van der Waals surface area (Å²) in [6, 6.07) is 17.6. The summed E-state index contributed by atoms with van der Waals surface area (Å²) >= 11 is 0. The molecule has 5 nitrogen and oxygen atoms in total. The van der Waals surface area contributed by atoms with E-state index in [1.807, 2.05) is 73.3 Å². The predicted octanol–water partition coefficient (Wildman–Crippen LogP) is 3.80. The summed E-state index contributed by atoms with van der Waals surface area (Å²) in [4.78, 5) is 27.1. The minimum absolute atomic E-state index is 0.00194. The monoisotopic (exact) mass is 394 g/mol. The van der Waals surface area contributed by atoms with E-state index >= 15 is 0 Å². The summed E-state index contributed by atoms with van der Waals surface area (Å²) in [5, 5.41) is 3.24. The van der Waals surface area contributed by atoms with Gasteiger partial charge in [0.2, 0.25) is 11.8 Å². The maximum absolute atomic E-state index is 13.0. The first-order chi connectivity index (χ1) is 14.0. The number of hydrogen-bond donors (Lipinski definition) is 1. The van der Waals surface area contributed by atoms with Gasteiger partial charge in [-0.25, -0.2) is 0 Å². The van der Waals surface area contributed by atoms with Crippen molar-refractivity contribution >= 4 is 11.8 Å². The molecule has 0 unspecified atom stereocenters. The van der Waals surface area contributed by atoms with Gasteiger partial charge >= 0.3 is 0 Å². The van der Waals surface area contributed by atoms with Crippen molar-refractivity contribution in [3.8, 4) is 5.75 Å². The van der Waals surface area contributed by atoms with Crippen molar-refractivity contribution in [3.05, 3.63) is 65.7 Å². The first-order valence-electron chi connectivity index (χ1n) is 10.3. The summed E-state index contributed by atoms with van der Waals surface area (Å²) in [6.07, 6.45) is 1.41. The molecule has 1 heterocycles. The molecule has 0 spiro atoms. The summed E-state index contributed by atoms with van der Waals surface area (Å²) in [5.41, 5.74) is 2.05. The molecule has 0 saturated carbocycles. The van der Waals surface area contributed by atoms with Crippen LogP contribution >= 0.6 is 0 Å². The van der Waals surface area contributed by atoms with Crippen LogP contribution in [-0.4, -0.2) is 36.9 Å². The zero-order valence-corrected chi connectivity index (χ0v) is 17.4. The van der Waals surface area contributed by atoms with Gasteiger partial charge in [-0.15, -0.1) is 0 Å². The number of nitrogens with one attached hydrogen (secondary N) is 1. The zero-order valence-electron chi connectivity index (χ0n) is 17.4. The Labute approximate surface area is 173 Å². The van der Waals surface area contributed by atoms with Gasteiger partial charge in [0.25, 0.3) is 0 Å². The molecule has 1 N–H and O–H groups in total. The maximum atomic E-state index is 13.0. The lowest BCUT2D eigenvalue weighted by Crippen LogP contribution is -2.45. The molecule has 2 amide bonds. The van der Waals surface area contributed by atoms with Crippen LogP contribution in [0.3, 0.4) is 0 Å². The number of carbonyl (C=O) groups is 2. The number of likely N-dealkylation sites (tertiary alicyclic amines) is 1. The highest BCUT2D eigenvalue weighted by atomic mass is 16.5. The van der Waals surface area contributed by atoms with Gasteiger partial charge in [0.15, 0.2) is 0 Å². The van der Waals surface area contributed by atoms with Gasteiger partial charge in [-0.1, -0.05) is 56.3 Å². The summed E-state index contributed by atoms with van der Waals surface area (Å²) < 4.78 is 5.26. The minimum Gasteiger partial charge on any atom is -0.497 e. The Hall–Kier alpha value is -2.82. The normalized spacial score (nSPS) is 15.8. The quantitative estimate of drug-likeness (QED) is 0.811. The van der Waals surface area contributed by atoms with Crippen molar-refractivity contribution in [1.29, 1.82) is 0 Å². The molecule has 0 radical (unpaired) electrons. The number of amides is 2. The Kier molecular flexibility index (Phi) is 6.91. The van der Waals surface area contributed by atoms with Crippen LogP contribution in [0.4, 0.5) is 0 Å². The second-order valence-electron chi connectivity index (χ2n) is 7.88. The third-order valence-corrected chi connectivity index (χ3v) is 5.54. The molecule has 0 aromatic heterocycles. The van der Waals surface area contributed by atoms with Crippen LogP contribution < -0.4 is 10.1 Å². The van der Waals surface area contributed by atoms with E-state index in [4.69, 9.17) is 4.74 Å². The van der Waals surface area contributed by atoms with Crippen molar-refractivity contribution < 1.29 is 14.3 Å². The van der Waals surface area contributed by atoms with E-state index in [0.29, 0.717) is 25.9 Å². The molecule has 2 aromatic carbocycles. The molecule has 29 heavy (non-hydrogen) atoms. The van der Waals surface area contributed by atoms with Crippen LogP contribution in [0.25, 0.3) is 0 Å². The van der Waals surface area contributed by atoms with Gasteiger partial charge in [0, 0.05) is 24.9 Å². The summed E-state index contributed by atoms with van der Waals surface area (Å²) in [6.45, 7) is 5.13. The molecule has 1 atom stereocenters. The molecular formula is C24H30N2O3. The molecule has 3 rings (SSSR count). The van der Waals surface area contributed by atoms with E-state index < -0.39 is 0 Å². The third kappa shape index (κ3) is 5.17. The molecule has 0 aliphatic carbocycles. The topological polar surface area (TPSA) is 58.6 Å². The highest BCUT2D eigenvalue weighted by Crippen LogP contribution is 2.26. The number of ether oxygens (including phenoxy) is 1. The van der Waals surface area contributed by atoms with E-state index in [2.05, 4.69) is 5.32 Å². The summed E-state index contributed by atoms with van der Waals surface area (Å²) in [5.74, 6) is 0.929. The fourth-order valence-electron chi connectivity index (χ4n) is 3.79. The largest absolute Gasteiger partial charge is 0.497 e. The first kappa shape index (κ1) is 20.9. The first-order valence-corrected chi connectivity index (χ1v) is 10.3.